The summed E-state index contributed by atoms with van der Waals surface area (Å²) in [5.74, 6) is -1.11. The fourth-order valence-corrected chi connectivity index (χ4v) is 2.68. The number of ether oxygens (including phenoxy) is 3. The van der Waals surface area contributed by atoms with Gasteiger partial charge in [0.1, 0.15) is 5.75 Å². The Kier molecular flexibility index (Phi) is 5.29. The fraction of sp³-hybridized carbons (Fsp3) is 0.118. The van der Waals surface area contributed by atoms with Crippen LogP contribution in [0.25, 0.3) is 10.9 Å². The Balaban J connectivity index is 2.07. The average Bonchev–Trinajstić information content (AvgIpc) is 2.63. The summed E-state index contributed by atoms with van der Waals surface area (Å²) >= 11 is 0.733. The van der Waals surface area contributed by atoms with Crippen molar-refractivity contribution in [2.75, 3.05) is 18.9 Å². The average molecular weight is 379 g/mol. The van der Waals surface area contributed by atoms with Gasteiger partial charge in [-0.2, -0.15) is 0 Å². The van der Waals surface area contributed by atoms with Crippen LogP contribution < -0.4 is 24.1 Å². The summed E-state index contributed by atoms with van der Waals surface area (Å²) in [6.45, 7) is 0. The molecule has 3 N–H and O–H groups in total. The van der Waals surface area contributed by atoms with Gasteiger partial charge in [0.05, 0.1) is 25.4 Å². The summed E-state index contributed by atoms with van der Waals surface area (Å²) in [6, 6.07) is 6.97. The number of methoxy groups -OCH3 is 2. The lowest BCUT2D eigenvalue weighted by atomic mass is 10.1. The van der Waals surface area contributed by atoms with Gasteiger partial charge in [-0.15, -0.1) is 0 Å². The van der Waals surface area contributed by atoms with Crippen LogP contribution in [0.1, 0.15) is 0 Å². The molecule has 1 aromatic heterocycles. The first-order chi connectivity index (χ1) is 12.6. The second-order valence-corrected chi connectivity index (χ2v) is 5.56. The van der Waals surface area contributed by atoms with Crippen LogP contribution in [0.5, 0.6) is 23.0 Å². The molecule has 26 heavy (non-hydrogen) atoms. The van der Waals surface area contributed by atoms with E-state index in [1.807, 2.05) is 0 Å². The van der Waals surface area contributed by atoms with E-state index >= 15 is 0 Å². The first-order valence-corrected chi connectivity index (χ1v) is 8.24. The van der Waals surface area contributed by atoms with E-state index < -0.39 is 17.4 Å². The number of rotatable bonds is 6. The van der Waals surface area contributed by atoms with Gasteiger partial charge in [0.2, 0.25) is 0 Å². The van der Waals surface area contributed by atoms with Crippen LogP contribution in [0.15, 0.2) is 36.5 Å². The van der Waals surface area contributed by atoms with E-state index in [-0.39, 0.29) is 11.4 Å². The van der Waals surface area contributed by atoms with Gasteiger partial charge in [-0.1, -0.05) is 0 Å². The third-order valence-corrected chi connectivity index (χ3v) is 3.95. The van der Waals surface area contributed by atoms with Crippen molar-refractivity contribution in [3.8, 4) is 23.0 Å². The van der Waals surface area contributed by atoms with Crippen LogP contribution in [-0.2, 0) is 0 Å². The van der Waals surface area contributed by atoms with Crippen molar-refractivity contribution < 1.29 is 23.0 Å². The number of fused-ring (bicyclic) bond motifs is 1. The van der Waals surface area contributed by atoms with E-state index in [9.17, 15) is 8.78 Å². The number of nitrogens with two attached hydrogens (primary N) is 1. The lowest BCUT2D eigenvalue weighted by molar-refractivity contribution is 0.355. The van der Waals surface area contributed by atoms with Crippen molar-refractivity contribution in [1.82, 2.24) is 4.98 Å². The normalized spacial score (nSPS) is 10.7. The number of hydrogen-bond acceptors (Lipinski definition) is 7. The molecule has 2 aromatic carbocycles. The first kappa shape index (κ1) is 18.0. The lowest BCUT2D eigenvalue weighted by Crippen LogP contribution is -1.98. The highest BCUT2D eigenvalue weighted by Crippen LogP contribution is 2.38. The van der Waals surface area contributed by atoms with Gasteiger partial charge in [0, 0.05) is 41.9 Å². The molecule has 0 saturated heterocycles. The molecular weight excluding hydrogens is 364 g/mol. The van der Waals surface area contributed by atoms with Crippen molar-refractivity contribution in [3.63, 3.8) is 0 Å². The van der Waals surface area contributed by atoms with Crippen LogP contribution in [0, 0.1) is 11.6 Å². The summed E-state index contributed by atoms with van der Waals surface area (Å²) in [6.07, 6.45) is 1.47. The van der Waals surface area contributed by atoms with E-state index in [1.54, 1.807) is 12.1 Å². The maximum absolute atomic E-state index is 14.3. The molecule has 0 fully saturated rings. The van der Waals surface area contributed by atoms with E-state index in [1.165, 1.54) is 26.5 Å². The predicted molar refractivity (Wildman–Crippen MR) is 96.7 cm³/mol. The van der Waals surface area contributed by atoms with Crippen LogP contribution in [-0.4, -0.2) is 19.2 Å². The van der Waals surface area contributed by atoms with Gasteiger partial charge in [-0.3, -0.25) is 10.1 Å². The Morgan fingerprint density at radius 2 is 1.65 bits per heavy atom. The molecular formula is C17H15F2N3O3S. The molecule has 0 unspecified atom stereocenters. The minimum Gasteiger partial charge on any atom is -0.493 e. The second kappa shape index (κ2) is 7.63. The molecule has 136 valence electrons. The van der Waals surface area contributed by atoms with Crippen LogP contribution in [0.2, 0.25) is 0 Å². The summed E-state index contributed by atoms with van der Waals surface area (Å²) in [7, 11) is 2.99. The number of nitrogens with zero attached hydrogens (tertiary/aromatic N) is 1. The lowest BCUT2D eigenvalue weighted by Gasteiger charge is -2.13. The maximum Gasteiger partial charge on any atom is 0.198 e. The summed E-state index contributed by atoms with van der Waals surface area (Å²) < 4.78 is 47.1. The largest absolute Gasteiger partial charge is 0.493 e. The van der Waals surface area contributed by atoms with Crippen molar-refractivity contribution >= 4 is 28.7 Å². The zero-order valence-corrected chi connectivity index (χ0v) is 14.7. The molecule has 0 saturated carbocycles. The Hall–Kier alpha value is -2.78. The zero-order valence-electron chi connectivity index (χ0n) is 13.9. The third kappa shape index (κ3) is 3.44. The molecule has 0 aliphatic heterocycles. The molecule has 9 heteroatoms. The quantitative estimate of drug-likeness (QED) is 0.620. The highest BCUT2D eigenvalue weighted by molar-refractivity contribution is 7.98. The number of nitrogens with one attached hydrogen (secondary N) is 1. The highest BCUT2D eigenvalue weighted by Gasteiger charge is 2.17. The molecule has 6 nitrogen and oxygen atoms in total. The van der Waals surface area contributed by atoms with Crippen molar-refractivity contribution in [1.29, 1.82) is 0 Å². The van der Waals surface area contributed by atoms with Crippen LogP contribution in [0.3, 0.4) is 0 Å². The van der Waals surface area contributed by atoms with Crippen molar-refractivity contribution in [2.24, 2.45) is 5.14 Å². The third-order valence-electron chi connectivity index (χ3n) is 3.59. The molecule has 0 radical (unpaired) electrons. The molecule has 0 aliphatic carbocycles. The van der Waals surface area contributed by atoms with Gasteiger partial charge in [-0.25, -0.2) is 8.78 Å². The standard InChI is InChI=1S/C17H15F2N3O3S/c1-23-15-7-10-13(8-16(15)24-2)21-4-3-14(10)25-17-11(18)5-9(22-26-20)6-12(17)19/h3-8,22H,20H2,1-2H3. The minimum absolute atomic E-state index is 0.186. The van der Waals surface area contributed by atoms with Crippen molar-refractivity contribution in [2.45, 2.75) is 0 Å². The number of halogens is 2. The zero-order chi connectivity index (χ0) is 18.7. The van der Waals surface area contributed by atoms with E-state index in [0.29, 0.717) is 22.4 Å². The summed E-state index contributed by atoms with van der Waals surface area (Å²) in [4.78, 5) is 4.22. The van der Waals surface area contributed by atoms with Gasteiger partial charge in [0.15, 0.2) is 28.9 Å². The summed E-state index contributed by atoms with van der Waals surface area (Å²) in [5, 5.41) is 5.75. The Morgan fingerprint density at radius 1 is 1.00 bits per heavy atom. The Morgan fingerprint density at radius 3 is 2.27 bits per heavy atom. The number of anilines is 1. The van der Waals surface area contributed by atoms with Crippen molar-refractivity contribution in [3.05, 3.63) is 48.2 Å². The molecule has 3 aromatic rings. The predicted octanol–water partition coefficient (Wildman–Crippen LogP) is 4.26. The van der Waals surface area contributed by atoms with E-state index in [2.05, 4.69) is 9.71 Å². The number of aromatic nitrogens is 1. The molecule has 1 heterocycles. The smallest absolute Gasteiger partial charge is 0.198 e. The molecule has 0 bridgehead atoms. The monoisotopic (exact) mass is 379 g/mol. The second-order valence-electron chi connectivity index (χ2n) is 5.12. The Labute approximate surface area is 152 Å². The molecule has 0 aliphatic rings. The summed E-state index contributed by atoms with van der Waals surface area (Å²) in [5.41, 5.74) is 0.713. The molecule has 0 atom stereocenters. The number of hydrogen-bond donors (Lipinski definition) is 2. The molecule has 3 rings (SSSR count). The van der Waals surface area contributed by atoms with E-state index in [4.69, 9.17) is 19.3 Å². The van der Waals surface area contributed by atoms with Gasteiger partial charge >= 0.3 is 0 Å². The SMILES string of the molecule is COc1cc2nccc(Oc3c(F)cc(NSN)cc3F)c2cc1OC. The molecule has 0 spiro atoms. The van der Waals surface area contributed by atoms with Crippen LogP contribution in [0.4, 0.5) is 14.5 Å². The van der Waals surface area contributed by atoms with Gasteiger partial charge in [-0.05, 0) is 12.1 Å². The fourth-order valence-electron chi connectivity index (χ4n) is 2.43. The molecule has 0 amide bonds. The van der Waals surface area contributed by atoms with E-state index in [0.717, 1.165) is 24.3 Å². The van der Waals surface area contributed by atoms with Gasteiger partial charge in [0.25, 0.3) is 0 Å². The minimum atomic E-state index is -0.869. The first-order valence-electron chi connectivity index (χ1n) is 7.36. The Bertz CT molecular complexity index is 933. The topological polar surface area (TPSA) is 78.6 Å². The number of benzene rings is 2. The maximum atomic E-state index is 14.3. The highest BCUT2D eigenvalue weighted by atomic mass is 32.2. The van der Waals surface area contributed by atoms with Gasteiger partial charge < -0.3 is 18.9 Å². The van der Waals surface area contributed by atoms with Crippen LogP contribution >= 0.6 is 12.1 Å². The number of pyridine rings is 1.